The summed E-state index contributed by atoms with van der Waals surface area (Å²) < 4.78 is 0.800. The van der Waals surface area contributed by atoms with Gasteiger partial charge in [-0.3, -0.25) is 14.5 Å². The van der Waals surface area contributed by atoms with Crippen molar-refractivity contribution in [2.75, 3.05) is 11.9 Å². The fraction of sp³-hybridized carbons (Fsp3) is 0.250. The van der Waals surface area contributed by atoms with Crippen LogP contribution < -0.4 is 10.6 Å². The zero-order valence-electron chi connectivity index (χ0n) is 15.3. The molecule has 1 aliphatic heterocycles. The molecule has 140 valence electrons. The molecule has 3 rings (SSSR count). The lowest BCUT2D eigenvalue weighted by Gasteiger charge is -2.22. The van der Waals surface area contributed by atoms with E-state index < -0.39 is 23.4 Å². The molecule has 6 nitrogen and oxygen atoms in total. The predicted octanol–water partition coefficient (Wildman–Crippen LogP) is 3.47. The van der Waals surface area contributed by atoms with Gasteiger partial charge in [0.05, 0.1) is 0 Å². The summed E-state index contributed by atoms with van der Waals surface area (Å²) in [6.07, 6.45) is 0. The summed E-state index contributed by atoms with van der Waals surface area (Å²) in [4.78, 5) is 38.6. The first-order valence-corrected chi connectivity index (χ1v) is 9.26. The van der Waals surface area contributed by atoms with Gasteiger partial charge in [0.25, 0.3) is 5.91 Å². The van der Waals surface area contributed by atoms with Gasteiger partial charge in [-0.25, -0.2) is 4.79 Å². The number of imide groups is 1. The monoisotopic (exact) mass is 429 g/mol. The van der Waals surface area contributed by atoms with Gasteiger partial charge in [0.1, 0.15) is 12.1 Å². The molecule has 27 heavy (non-hydrogen) atoms. The van der Waals surface area contributed by atoms with Crippen LogP contribution in [0.25, 0.3) is 0 Å². The quantitative estimate of drug-likeness (QED) is 0.730. The Labute approximate surface area is 166 Å². The zero-order chi connectivity index (χ0) is 19.8. The highest BCUT2D eigenvalue weighted by Crippen LogP contribution is 2.30. The molecule has 7 heteroatoms. The van der Waals surface area contributed by atoms with E-state index in [-0.39, 0.29) is 6.54 Å². The van der Waals surface area contributed by atoms with Gasteiger partial charge in [0.15, 0.2) is 0 Å². The second-order valence-electron chi connectivity index (χ2n) is 6.88. The molecule has 0 bridgehead atoms. The van der Waals surface area contributed by atoms with E-state index in [2.05, 4.69) is 26.6 Å². The van der Waals surface area contributed by atoms with E-state index in [1.165, 1.54) is 0 Å². The van der Waals surface area contributed by atoms with Crippen LogP contribution >= 0.6 is 15.9 Å². The van der Waals surface area contributed by atoms with Crippen LogP contribution in [0.5, 0.6) is 0 Å². The maximum Gasteiger partial charge on any atom is 0.325 e. The summed E-state index contributed by atoms with van der Waals surface area (Å²) in [7, 11) is 0. The van der Waals surface area contributed by atoms with Crippen molar-refractivity contribution in [2.45, 2.75) is 26.3 Å². The molecule has 0 spiro atoms. The van der Waals surface area contributed by atoms with Gasteiger partial charge in [0.2, 0.25) is 5.91 Å². The highest BCUT2D eigenvalue weighted by Gasteiger charge is 2.49. The van der Waals surface area contributed by atoms with Crippen LogP contribution in [0.3, 0.4) is 0 Å². The Morgan fingerprint density at radius 2 is 1.81 bits per heavy atom. The van der Waals surface area contributed by atoms with Crippen LogP contribution in [0.4, 0.5) is 10.5 Å². The summed E-state index contributed by atoms with van der Waals surface area (Å²) >= 11 is 3.37. The molecule has 1 unspecified atom stereocenters. The summed E-state index contributed by atoms with van der Waals surface area (Å²) in [5.41, 5.74) is 2.11. The third-order valence-corrected chi connectivity index (χ3v) is 4.98. The summed E-state index contributed by atoms with van der Waals surface area (Å²) in [6.45, 7) is 5.16. The first kappa shape index (κ1) is 19.1. The topological polar surface area (TPSA) is 78.5 Å². The Kier molecular flexibility index (Phi) is 5.06. The summed E-state index contributed by atoms with van der Waals surface area (Å²) in [5.74, 6) is -0.886. The molecular weight excluding hydrogens is 410 g/mol. The molecule has 0 saturated carbocycles. The number of anilines is 1. The average molecular weight is 430 g/mol. The van der Waals surface area contributed by atoms with Crippen molar-refractivity contribution < 1.29 is 14.4 Å². The maximum atomic E-state index is 12.9. The first-order valence-electron chi connectivity index (χ1n) is 8.47. The second kappa shape index (κ2) is 7.15. The molecule has 1 saturated heterocycles. The Morgan fingerprint density at radius 1 is 1.15 bits per heavy atom. The Balaban J connectivity index is 1.76. The minimum absolute atomic E-state index is 0.346. The number of rotatable bonds is 4. The number of carbonyl (C=O) groups is 3. The summed E-state index contributed by atoms with van der Waals surface area (Å²) in [6, 6.07) is 12.3. The van der Waals surface area contributed by atoms with Crippen LogP contribution in [-0.2, 0) is 15.1 Å². The van der Waals surface area contributed by atoms with Gasteiger partial charge in [-0.15, -0.1) is 0 Å². The highest BCUT2D eigenvalue weighted by molar-refractivity contribution is 9.10. The standard InChI is InChI=1S/C20H20BrN3O3/c1-12-7-13(2)9-16(8-12)22-17(25)11-24-18(26)20(3,23-19(24)27)14-5-4-6-15(21)10-14/h4-10H,11H2,1-3H3,(H,22,25)(H,23,27). The van der Waals surface area contributed by atoms with Gasteiger partial charge in [-0.2, -0.15) is 0 Å². The number of urea groups is 1. The van der Waals surface area contributed by atoms with E-state index in [1.807, 2.05) is 38.1 Å². The molecule has 2 aromatic rings. The number of nitrogens with one attached hydrogen (secondary N) is 2. The van der Waals surface area contributed by atoms with Gasteiger partial charge in [-0.1, -0.05) is 34.1 Å². The van der Waals surface area contributed by atoms with Crippen molar-refractivity contribution in [1.82, 2.24) is 10.2 Å². The molecule has 1 atom stereocenters. The Bertz CT molecular complexity index is 924. The molecule has 0 aromatic heterocycles. The number of benzene rings is 2. The molecule has 4 amide bonds. The minimum Gasteiger partial charge on any atom is -0.325 e. The number of nitrogens with zero attached hydrogens (tertiary/aromatic N) is 1. The first-order chi connectivity index (χ1) is 12.7. The highest BCUT2D eigenvalue weighted by atomic mass is 79.9. The van der Waals surface area contributed by atoms with Crippen molar-refractivity contribution in [3.05, 3.63) is 63.6 Å². The predicted molar refractivity (Wildman–Crippen MR) is 106 cm³/mol. The number of hydrogen-bond acceptors (Lipinski definition) is 3. The van der Waals surface area contributed by atoms with E-state index in [4.69, 9.17) is 0 Å². The third-order valence-electron chi connectivity index (χ3n) is 4.48. The third kappa shape index (κ3) is 3.88. The molecule has 0 aliphatic carbocycles. The van der Waals surface area contributed by atoms with Crippen molar-refractivity contribution in [3.8, 4) is 0 Å². The lowest BCUT2D eigenvalue weighted by molar-refractivity contribution is -0.133. The van der Waals surface area contributed by atoms with Crippen molar-refractivity contribution >= 4 is 39.5 Å². The van der Waals surface area contributed by atoms with Crippen LogP contribution in [-0.4, -0.2) is 29.3 Å². The summed E-state index contributed by atoms with van der Waals surface area (Å²) in [5, 5.41) is 5.45. The fourth-order valence-electron chi connectivity index (χ4n) is 3.23. The SMILES string of the molecule is Cc1cc(C)cc(NC(=O)CN2C(=O)NC(C)(c3cccc(Br)c3)C2=O)c1. The lowest BCUT2D eigenvalue weighted by atomic mass is 9.92. The molecule has 1 aliphatic rings. The van der Waals surface area contributed by atoms with Crippen molar-refractivity contribution in [3.63, 3.8) is 0 Å². The number of aryl methyl sites for hydroxylation is 2. The average Bonchev–Trinajstić information content (AvgIpc) is 2.78. The maximum absolute atomic E-state index is 12.9. The molecule has 0 radical (unpaired) electrons. The lowest BCUT2D eigenvalue weighted by Crippen LogP contribution is -2.42. The fourth-order valence-corrected chi connectivity index (χ4v) is 3.63. The van der Waals surface area contributed by atoms with Crippen molar-refractivity contribution in [2.24, 2.45) is 0 Å². The van der Waals surface area contributed by atoms with E-state index in [9.17, 15) is 14.4 Å². The van der Waals surface area contributed by atoms with E-state index in [1.54, 1.807) is 25.1 Å². The Morgan fingerprint density at radius 3 is 2.44 bits per heavy atom. The van der Waals surface area contributed by atoms with Crippen LogP contribution in [0.1, 0.15) is 23.6 Å². The van der Waals surface area contributed by atoms with E-state index in [0.29, 0.717) is 11.3 Å². The zero-order valence-corrected chi connectivity index (χ0v) is 16.9. The largest absolute Gasteiger partial charge is 0.325 e. The molecule has 2 aromatic carbocycles. The smallest absolute Gasteiger partial charge is 0.325 e. The van der Waals surface area contributed by atoms with Crippen LogP contribution in [0.15, 0.2) is 46.9 Å². The van der Waals surface area contributed by atoms with Gasteiger partial charge >= 0.3 is 6.03 Å². The number of halogens is 1. The van der Waals surface area contributed by atoms with Gasteiger partial charge in [0, 0.05) is 10.2 Å². The number of hydrogen-bond donors (Lipinski definition) is 2. The number of amides is 4. The normalized spacial score (nSPS) is 19.2. The van der Waals surface area contributed by atoms with Gasteiger partial charge < -0.3 is 10.6 Å². The molecule has 2 N–H and O–H groups in total. The van der Waals surface area contributed by atoms with Crippen LogP contribution in [0.2, 0.25) is 0 Å². The van der Waals surface area contributed by atoms with Gasteiger partial charge in [-0.05, 0) is 61.7 Å². The molecule has 1 heterocycles. The second-order valence-corrected chi connectivity index (χ2v) is 7.80. The minimum atomic E-state index is -1.21. The Hall–Kier alpha value is -2.67. The molecular formula is C20H20BrN3O3. The van der Waals surface area contributed by atoms with E-state index >= 15 is 0 Å². The van der Waals surface area contributed by atoms with Crippen LogP contribution in [0, 0.1) is 13.8 Å². The van der Waals surface area contributed by atoms with Crippen molar-refractivity contribution in [1.29, 1.82) is 0 Å². The molecule has 1 fully saturated rings. The number of carbonyl (C=O) groups excluding carboxylic acids is 3. The van der Waals surface area contributed by atoms with E-state index in [0.717, 1.165) is 20.5 Å².